The molecule has 2 saturated heterocycles. The van der Waals surface area contributed by atoms with Crippen LogP contribution in [0.2, 0.25) is 0 Å². The summed E-state index contributed by atoms with van der Waals surface area (Å²) < 4.78 is 38.2. The first kappa shape index (κ1) is 22.4. The van der Waals surface area contributed by atoms with Gasteiger partial charge in [-0.05, 0) is 55.7 Å². The lowest BCUT2D eigenvalue weighted by molar-refractivity contribution is -0.137. The van der Waals surface area contributed by atoms with Crippen LogP contribution in [0.25, 0.3) is 0 Å². The van der Waals surface area contributed by atoms with E-state index in [1.54, 1.807) is 0 Å². The van der Waals surface area contributed by atoms with Crippen molar-refractivity contribution in [2.75, 3.05) is 60.9 Å². The summed E-state index contributed by atoms with van der Waals surface area (Å²) in [7, 11) is 0. The van der Waals surface area contributed by atoms with Gasteiger partial charge in [-0.2, -0.15) is 13.2 Å². The molecule has 2 aliphatic rings. The zero-order valence-electron chi connectivity index (χ0n) is 17.9. The van der Waals surface area contributed by atoms with Crippen molar-refractivity contribution in [3.8, 4) is 0 Å². The number of hydrogen-bond acceptors (Lipinski definition) is 5. The van der Waals surface area contributed by atoms with E-state index in [2.05, 4.69) is 20.1 Å². The second-order valence-corrected chi connectivity index (χ2v) is 8.31. The van der Waals surface area contributed by atoms with Gasteiger partial charge in [0.05, 0.1) is 12.1 Å². The number of carbonyl (C=O) groups excluding carboxylic acids is 1. The summed E-state index contributed by atoms with van der Waals surface area (Å²) >= 11 is 0. The predicted octanol–water partition coefficient (Wildman–Crippen LogP) is 3.85. The number of pyridine rings is 1. The van der Waals surface area contributed by atoms with Gasteiger partial charge in [-0.15, -0.1) is 0 Å². The summed E-state index contributed by atoms with van der Waals surface area (Å²) in [4.78, 5) is 22.9. The third-order valence-electron chi connectivity index (χ3n) is 5.98. The average Bonchev–Trinajstić information content (AvgIpc) is 3.21. The molecule has 0 unspecified atom stereocenters. The molecule has 1 aromatic heterocycles. The maximum Gasteiger partial charge on any atom is 0.417 e. The van der Waals surface area contributed by atoms with E-state index in [0.717, 1.165) is 44.0 Å². The predicted molar refractivity (Wildman–Crippen MR) is 119 cm³/mol. The lowest BCUT2D eigenvalue weighted by Gasteiger charge is -2.23. The Balaban J connectivity index is 1.26. The molecule has 9 heteroatoms. The van der Waals surface area contributed by atoms with Gasteiger partial charge in [-0.3, -0.25) is 9.69 Å². The number of halogens is 3. The molecule has 6 nitrogen and oxygen atoms in total. The highest BCUT2D eigenvalue weighted by molar-refractivity contribution is 5.92. The van der Waals surface area contributed by atoms with Gasteiger partial charge in [0.25, 0.3) is 0 Å². The van der Waals surface area contributed by atoms with Crippen LogP contribution in [0.15, 0.2) is 42.6 Å². The fourth-order valence-electron chi connectivity index (χ4n) is 4.23. The quantitative estimate of drug-likeness (QED) is 0.755. The molecular weight excluding hydrogens is 419 g/mol. The van der Waals surface area contributed by atoms with Crippen molar-refractivity contribution in [3.63, 3.8) is 0 Å². The molecule has 2 fully saturated rings. The molecular formula is C23H28F3N5O. The molecule has 1 amide bonds. The highest BCUT2D eigenvalue weighted by atomic mass is 19.4. The maximum absolute atomic E-state index is 12.7. The van der Waals surface area contributed by atoms with Crippen LogP contribution in [-0.4, -0.2) is 61.6 Å². The Morgan fingerprint density at radius 3 is 2.25 bits per heavy atom. The standard InChI is InChI=1S/C23H28F3N5O/c24-23(25,26)18-4-9-21(27-16-18)31-13-3-10-29(14-15-31)17-22(32)28-19-5-7-20(8-6-19)30-11-1-2-12-30/h4-9,16H,1-3,10-15,17H2,(H,28,32). The Morgan fingerprint density at radius 2 is 1.59 bits per heavy atom. The number of carbonyl (C=O) groups is 1. The Kier molecular flexibility index (Phi) is 6.83. The number of hydrogen-bond donors (Lipinski definition) is 1. The van der Waals surface area contributed by atoms with Crippen LogP contribution in [0.4, 0.5) is 30.4 Å². The summed E-state index contributed by atoms with van der Waals surface area (Å²) in [5.41, 5.74) is 1.22. The maximum atomic E-state index is 12.7. The number of benzene rings is 1. The summed E-state index contributed by atoms with van der Waals surface area (Å²) in [6.45, 7) is 5.13. The van der Waals surface area contributed by atoms with E-state index in [1.807, 2.05) is 29.2 Å². The first-order valence-electron chi connectivity index (χ1n) is 11.0. The number of aromatic nitrogens is 1. The van der Waals surface area contributed by atoms with Crippen molar-refractivity contribution in [2.24, 2.45) is 0 Å². The van der Waals surface area contributed by atoms with Crippen LogP contribution in [0, 0.1) is 0 Å². The van der Waals surface area contributed by atoms with Gasteiger partial charge in [-0.25, -0.2) is 4.98 Å². The van der Waals surface area contributed by atoms with Gasteiger partial charge >= 0.3 is 6.18 Å². The molecule has 0 aliphatic carbocycles. The number of nitrogens with zero attached hydrogens (tertiary/aromatic N) is 4. The van der Waals surface area contributed by atoms with Gasteiger partial charge < -0.3 is 15.1 Å². The van der Waals surface area contributed by atoms with E-state index in [-0.39, 0.29) is 12.5 Å². The Bertz CT molecular complexity index is 895. The molecule has 1 aromatic carbocycles. The molecule has 2 aliphatic heterocycles. The normalized spacial score (nSPS) is 18.0. The SMILES string of the molecule is O=C(CN1CCCN(c2ccc(C(F)(F)F)cn2)CC1)Nc1ccc(N2CCCC2)cc1. The molecule has 3 heterocycles. The van der Waals surface area contributed by atoms with Gasteiger partial charge in [-0.1, -0.05) is 0 Å². The number of nitrogens with one attached hydrogen (secondary N) is 1. The average molecular weight is 448 g/mol. The van der Waals surface area contributed by atoms with E-state index in [9.17, 15) is 18.0 Å². The Morgan fingerprint density at radius 1 is 0.875 bits per heavy atom. The smallest absolute Gasteiger partial charge is 0.372 e. The van der Waals surface area contributed by atoms with E-state index in [0.29, 0.717) is 25.5 Å². The molecule has 4 rings (SSSR count). The molecule has 0 saturated carbocycles. The van der Waals surface area contributed by atoms with E-state index >= 15 is 0 Å². The second-order valence-electron chi connectivity index (χ2n) is 8.31. The molecule has 2 aromatic rings. The molecule has 0 bridgehead atoms. The number of rotatable bonds is 5. The second kappa shape index (κ2) is 9.77. The van der Waals surface area contributed by atoms with Crippen LogP contribution in [0.3, 0.4) is 0 Å². The molecule has 0 spiro atoms. The Labute approximate surface area is 186 Å². The first-order valence-corrected chi connectivity index (χ1v) is 11.0. The highest BCUT2D eigenvalue weighted by Crippen LogP contribution is 2.29. The van der Waals surface area contributed by atoms with Crippen molar-refractivity contribution >= 4 is 23.1 Å². The van der Waals surface area contributed by atoms with Crippen molar-refractivity contribution in [3.05, 3.63) is 48.2 Å². The fraction of sp³-hybridized carbons (Fsp3) is 0.478. The van der Waals surface area contributed by atoms with E-state index in [4.69, 9.17) is 0 Å². The monoisotopic (exact) mass is 447 g/mol. The minimum absolute atomic E-state index is 0.0694. The third kappa shape index (κ3) is 5.70. The highest BCUT2D eigenvalue weighted by Gasteiger charge is 2.31. The lowest BCUT2D eigenvalue weighted by Crippen LogP contribution is -2.36. The van der Waals surface area contributed by atoms with Gasteiger partial charge in [0.15, 0.2) is 0 Å². The van der Waals surface area contributed by atoms with Crippen molar-refractivity contribution in [2.45, 2.75) is 25.4 Å². The summed E-state index contributed by atoms with van der Waals surface area (Å²) in [6.07, 6.45) is -0.259. The largest absolute Gasteiger partial charge is 0.417 e. The topological polar surface area (TPSA) is 51.7 Å². The summed E-state index contributed by atoms with van der Waals surface area (Å²) in [5, 5.41) is 2.96. The van der Waals surface area contributed by atoms with Gasteiger partial charge in [0.1, 0.15) is 5.82 Å². The van der Waals surface area contributed by atoms with Crippen LogP contribution in [-0.2, 0) is 11.0 Å². The number of anilines is 3. The molecule has 172 valence electrons. The van der Waals surface area contributed by atoms with E-state index < -0.39 is 11.7 Å². The lowest BCUT2D eigenvalue weighted by atomic mass is 10.2. The molecule has 32 heavy (non-hydrogen) atoms. The summed E-state index contributed by atoms with van der Waals surface area (Å²) in [5.74, 6) is 0.461. The molecule has 0 radical (unpaired) electrons. The first-order chi connectivity index (χ1) is 15.4. The Hall–Kier alpha value is -2.81. The fourth-order valence-corrected chi connectivity index (χ4v) is 4.23. The molecule has 1 N–H and O–H groups in total. The van der Waals surface area contributed by atoms with Crippen molar-refractivity contribution in [1.82, 2.24) is 9.88 Å². The minimum atomic E-state index is -4.39. The van der Waals surface area contributed by atoms with E-state index in [1.165, 1.54) is 24.6 Å². The van der Waals surface area contributed by atoms with Gasteiger partial charge in [0.2, 0.25) is 5.91 Å². The van der Waals surface area contributed by atoms with Gasteiger partial charge in [0, 0.05) is 56.8 Å². The number of alkyl halides is 3. The van der Waals surface area contributed by atoms with Crippen LogP contribution in [0.1, 0.15) is 24.8 Å². The number of amides is 1. The zero-order chi connectivity index (χ0) is 22.6. The minimum Gasteiger partial charge on any atom is -0.372 e. The third-order valence-corrected chi connectivity index (χ3v) is 5.98. The van der Waals surface area contributed by atoms with Crippen LogP contribution >= 0.6 is 0 Å². The molecule has 0 atom stereocenters. The summed E-state index contributed by atoms with van der Waals surface area (Å²) in [6, 6.07) is 10.4. The van der Waals surface area contributed by atoms with Crippen LogP contribution < -0.4 is 15.1 Å². The van der Waals surface area contributed by atoms with Crippen LogP contribution in [0.5, 0.6) is 0 Å². The van der Waals surface area contributed by atoms with Crippen molar-refractivity contribution < 1.29 is 18.0 Å². The van der Waals surface area contributed by atoms with Crippen molar-refractivity contribution in [1.29, 1.82) is 0 Å². The zero-order valence-corrected chi connectivity index (χ0v) is 17.9.